The Hall–Kier alpha value is -3.36. The number of hydrogen-bond acceptors (Lipinski definition) is 9. The Morgan fingerprint density at radius 1 is 1.00 bits per heavy atom. The molecule has 0 fully saturated rings. The lowest BCUT2D eigenvalue weighted by Gasteiger charge is -2.11. The Bertz CT molecular complexity index is 1360. The van der Waals surface area contributed by atoms with Crippen LogP contribution < -0.4 is 10.6 Å². The first-order valence-corrected chi connectivity index (χ1v) is 13.3. The van der Waals surface area contributed by atoms with Gasteiger partial charge in [0.15, 0.2) is 15.3 Å². The summed E-state index contributed by atoms with van der Waals surface area (Å²) in [6.07, 6.45) is 0. The van der Waals surface area contributed by atoms with Gasteiger partial charge in [0.1, 0.15) is 11.6 Å². The smallest absolute Gasteiger partial charge is 0.251 e. The summed E-state index contributed by atoms with van der Waals surface area (Å²) in [7, 11) is 0. The number of nitrogens with one attached hydrogen (secondary N) is 2. The third-order valence-electron chi connectivity index (χ3n) is 4.53. The molecule has 0 atom stereocenters. The van der Waals surface area contributed by atoms with Crippen LogP contribution >= 0.6 is 34.9 Å². The molecule has 36 heavy (non-hydrogen) atoms. The highest BCUT2D eigenvalue weighted by molar-refractivity contribution is 8.01. The van der Waals surface area contributed by atoms with Gasteiger partial charge in [-0.1, -0.05) is 47.9 Å². The molecule has 14 heteroatoms. The second-order valence-corrected chi connectivity index (χ2v) is 10.5. The Morgan fingerprint density at radius 2 is 1.81 bits per heavy atom. The van der Waals surface area contributed by atoms with E-state index in [9.17, 15) is 18.4 Å². The van der Waals surface area contributed by atoms with Gasteiger partial charge in [0, 0.05) is 11.3 Å². The van der Waals surface area contributed by atoms with Crippen molar-refractivity contribution in [3.8, 4) is 5.69 Å². The van der Waals surface area contributed by atoms with E-state index in [0.717, 1.165) is 27.9 Å². The molecular weight excluding hydrogens is 528 g/mol. The largest absolute Gasteiger partial charge is 0.345 e. The molecule has 2 heterocycles. The van der Waals surface area contributed by atoms with Crippen LogP contribution in [0.3, 0.4) is 0 Å². The van der Waals surface area contributed by atoms with Crippen LogP contribution in [0.2, 0.25) is 0 Å². The van der Waals surface area contributed by atoms with E-state index in [0.29, 0.717) is 21.8 Å². The highest BCUT2D eigenvalue weighted by atomic mass is 32.2. The summed E-state index contributed by atoms with van der Waals surface area (Å²) >= 11 is 3.94. The van der Waals surface area contributed by atoms with E-state index < -0.39 is 17.5 Å². The maximum absolute atomic E-state index is 13.5. The fourth-order valence-electron chi connectivity index (χ4n) is 2.98. The Morgan fingerprint density at radius 3 is 2.56 bits per heavy atom. The molecule has 2 aromatic carbocycles. The van der Waals surface area contributed by atoms with Crippen LogP contribution in [0.5, 0.6) is 0 Å². The van der Waals surface area contributed by atoms with E-state index in [2.05, 4.69) is 31.0 Å². The average molecular weight is 548 g/mol. The normalized spacial score (nSPS) is 10.9. The molecule has 2 amide bonds. The minimum Gasteiger partial charge on any atom is -0.345 e. The van der Waals surface area contributed by atoms with Gasteiger partial charge in [0.25, 0.3) is 5.91 Å². The van der Waals surface area contributed by atoms with E-state index in [4.69, 9.17) is 0 Å². The fourth-order valence-corrected chi connectivity index (χ4v) is 5.41. The van der Waals surface area contributed by atoms with Crippen molar-refractivity contribution in [2.45, 2.75) is 23.0 Å². The lowest BCUT2D eigenvalue weighted by atomic mass is 10.2. The molecule has 0 saturated carbocycles. The van der Waals surface area contributed by atoms with Crippen molar-refractivity contribution in [2.24, 2.45) is 0 Å². The minimum atomic E-state index is -0.525. The van der Waals surface area contributed by atoms with Crippen molar-refractivity contribution < 1.29 is 18.4 Å². The monoisotopic (exact) mass is 547 g/mol. The maximum Gasteiger partial charge on any atom is 0.251 e. The SMILES string of the molecule is CCSc1nnc(NC(=O)CSc2nnc(CNC(=O)c3cccc(F)c3)n2-c2ccc(F)cc2)s1. The number of nitrogens with zero attached hydrogens (tertiary/aromatic N) is 5. The molecule has 0 aliphatic heterocycles. The van der Waals surface area contributed by atoms with Gasteiger partial charge in [0.05, 0.1) is 12.3 Å². The summed E-state index contributed by atoms with van der Waals surface area (Å²) in [4.78, 5) is 24.9. The van der Waals surface area contributed by atoms with E-state index in [1.54, 1.807) is 4.57 Å². The molecule has 4 rings (SSSR count). The van der Waals surface area contributed by atoms with Crippen LogP contribution in [-0.4, -0.2) is 48.3 Å². The first-order chi connectivity index (χ1) is 17.4. The number of halogens is 2. The summed E-state index contributed by atoms with van der Waals surface area (Å²) in [5, 5.41) is 22.4. The van der Waals surface area contributed by atoms with Crippen LogP contribution in [0, 0.1) is 11.6 Å². The molecule has 2 N–H and O–H groups in total. The van der Waals surface area contributed by atoms with Crippen LogP contribution in [-0.2, 0) is 11.3 Å². The molecule has 2 aromatic heterocycles. The minimum absolute atomic E-state index is 0.00478. The van der Waals surface area contributed by atoms with Crippen LogP contribution in [0.15, 0.2) is 58.0 Å². The number of rotatable bonds is 10. The van der Waals surface area contributed by atoms with Crippen molar-refractivity contribution in [2.75, 3.05) is 16.8 Å². The molecule has 4 aromatic rings. The zero-order valence-corrected chi connectivity index (χ0v) is 21.2. The van der Waals surface area contributed by atoms with Gasteiger partial charge in [0.2, 0.25) is 11.0 Å². The second kappa shape index (κ2) is 12.1. The van der Waals surface area contributed by atoms with Gasteiger partial charge in [-0.25, -0.2) is 8.78 Å². The highest BCUT2D eigenvalue weighted by Crippen LogP contribution is 2.26. The van der Waals surface area contributed by atoms with Gasteiger partial charge >= 0.3 is 0 Å². The Labute approximate surface area is 217 Å². The topological polar surface area (TPSA) is 115 Å². The maximum atomic E-state index is 13.5. The van der Waals surface area contributed by atoms with Crippen molar-refractivity contribution in [1.82, 2.24) is 30.3 Å². The van der Waals surface area contributed by atoms with Gasteiger partial charge in [-0.15, -0.1) is 20.4 Å². The van der Waals surface area contributed by atoms with Crippen molar-refractivity contribution in [3.05, 3.63) is 71.6 Å². The van der Waals surface area contributed by atoms with Crippen LogP contribution in [0.4, 0.5) is 13.9 Å². The number of benzene rings is 2. The van der Waals surface area contributed by atoms with Crippen molar-refractivity contribution in [1.29, 1.82) is 0 Å². The molecule has 0 aliphatic carbocycles. The van der Waals surface area contributed by atoms with Crippen molar-refractivity contribution in [3.63, 3.8) is 0 Å². The number of thioether (sulfide) groups is 2. The van der Waals surface area contributed by atoms with Crippen LogP contribution in [0.1, 0.15) is 23.1 Å². The molecule has 186 valence electrons. The number of carbonyl (C=O) groups excluding carboxylic acids is 2. The highest BCUT2D eigenvalue weighted by Gasteiger charge is 2.18. The number of carbonyl (C=O) groups is 2. The first-order valence-electron chi connectivity index (χ1n) is 10.6. The van der Waals surface area contributed by atoms with Gasteiger partial charge in [-0.05, 0) is 48.2 Å². The number of hydrogen-bond donors (Lipinski definition) is 2. The Balaban J connectivity index is 1.47. The lowest BCUT2D eigenvalue weighted by Crippen LogP contribution is -2.24. The average Bonchev–Trinajstić information content (AvgIpc) is 3.48. The summed E-state index contributed by atoms with van der Waals surface area (Å²) in [6.45, 7) is 1.97. The molecule has 0 unspecified atom stereocenters. The second-order valence-electron chi connectivity index (χ2n) is 7.05. The van der Waals surface area contributed by atoms with E-state index >= 15 is 0 Å². The predicted octanol–water partition coefficient (Wildman–Crippen LogP) is 4.17. The predicted molar refractivity (Wildman–Crippen MR) is 135 cm³/mol. The van der Waals surface area contributed by atoms with Crippen LogP contribution in [0.25, 0.3) is 5.69 Å². The van der Waals surface area contributed by atoms with Crippen molar-refractivity contribution >= 4 is 51.8 Å². The standard InChI is InChI=1S/C22H19F2N7O2S3/c1-2-34-22-30-28-20(36-22)26-18(32)12-35-21-29-27-17(31(21)16-8-6-14(23)7-9-16)11-25-19(33)13-4-3-5-15(24)10-13/h3-10H,2,11-12H2,1H3,(H,25,33)(H,26,28,32). The first kappa shape index (κ1) is 25.7. The zero-order chi connectivity index (χ0) is 25.5. The fraction of sp³-hybridized carbons (Fsp3) is 0.182. The lowest BCUT2D eigenvalue weighted by molar-refractivity contribution is -0.113. The van der Waals surface area contributed by atoms with Gasteiger partial charge < -0.3 is 5.32 Å². The van der Waals surface area contributed by atoms with Gasteiger partial charge in [-0.3, -0.25) is 19.5 Å². The van der Waals surface area contributed by atoms with E-state index in [1.807, 2.05) is 6.92 Å². The zero-order valence-electron chi connectivity index (χ0n) is 18.8. The quantitative estimate of drug-likeness (QED) is 0.225. The number of amides is 2. The van der Waals surface area contributed by atoms with E-state index in [1.165, 1.54) is 65.6 Å². The molecule has 0 aliphatic rings. The molecular formula is C22H19F2N7O2S3. The summed E-state index contributed by atoms with van der Waals surface area (Å²) < 4.78 is 29.4. The summed E-state index contributed by atoms with van der Waals surface area (Å²) in [6, 6.07) is 10.9. The Kier molecular flexibility index (Phi) is 8.61. The molecule has 0 saturated heterocycles. The molecule has 0 spiro atoms. The third kappa shape index (κ3) is 6.65. The number of aromatic nitrogens is 5. The molecule has 0 bridgehead atoms. The number of anilines is 1. The third-order valence-corrected chi connectivity index (χ3v) is 7.32. The summed E-state index contributed by atoms with van der Waals surface area (Å²) in [5.41, 5.74) is 0.705. The summed E-state index contributed by atoms with van der Waals surface area (Å²) in [5.74, 6) is -0.539. The molecule has 9 nitrogen and oxygen atoms in total. The van der Waals surface area contributed by atoms with E-state index in [-0.39, 0.29) is 23.8 Å². The molecule has 0 radical (unpaired) electrons. The van der Waals surface area contributed by atoms with Gasteiger partial charge in [-0.2, -0.15) is 0 Å².